The lowest BCUT2D eigenvalue weighted by molar-refractivity contribution is -0.137. The first-order valence-electron chi connectivity index (χ1n) is 5.35. The molecular weight excluding hydrogens is 279 g/mol. The third-order valence-corrected chi connectivity index (χ3v) is 2.93. The molecule has 0 unspecified atom stereocenters. The van der Waals surface area contributed by atoms with Crippen molar-refractivity contribution in [3.63, 3.8) is 0 Å². The SMILES string of the molecule is OCc1ccc(-c2ccc(C(F)(F)F)cc2)nc1Cl. The topological polar surface area (TPSA) is 33.1 Å². The van der Waals surface area contributed by atoms with Crippen molar-refractivity contribution in [3.05, 3.63) is 52.7 Å². The quantitative estimate of drug-likeness (QED) is 0.850. The fourth-order valence-corrected chi connectivity index (χ4v) is 1.79. The van der Waals surface area contributed by atoms with E-state index in [2.05, 4.69) is 4.98 Å². The smallest absolute Gasteiger partial charge is 0.392 e. The van der Waals surface area contributed by atoms with Gasteiger partial charge in [0, 0.05) is 11.1 Å². The van der Waals surface area contributed by atoms with E-state index >= 15 is 0 Å². The second-order valence-electron chi connectivity index (χ2n) is 3.88. The Kier molecular flexibility index (Phi) is 3.78. The molecule has 0 bridgehead atoms. The van der Waals surface area contributed by atoms with Crippen LogP contribution in [0.3, 0.4) is 0 Å². The summed E-state index contributed by atoms with van der Waals surface area (Å²) < 4.78 is 37.3. The summed E-state index contributed by atoms with van der Waals surface area (Å²) in [7, 11) is 0. The molecular formula is C13H9ClF3NO. The number of hydrogen-bond acceptors (Lipinski definition) is 2. The molecule has 2 aromatic rings. The zero-order valence-corrected chi connectivity index (χ0v) is 10.3. The number of aromatic nitrogens is 1. The van der Waals surface area contributed by atoms with E-state index in [9.17, 15) is 13.2 Å². The van der Waals surface area contributed by atoms with Crippen LogP contribution >= 0.6 is 11.6 Å². The second kappa shape index (κ2) is 5.19. The maximum atomic E-state index is 12.4. The van der Waals surface area contributed by atoms with Crippen molar-refractivity contribution in [2.45, 2.75) is 12.8 Å². The van der Waals surface area contributed by atoms with Crippen molar-refractivity contribution in [1.29, 1.82) is 0 Å². The van der Waals surface area contributed by atoms with E-state index in [1.54, 1.807) is 12.1 Å². The third kappa shape index (κ3) is 3.05. The Balaban J connectivity index is 2.35. The molecule has 1 aromatic heterocycles. The molecule has 0 radical (unpaired) electrons. The highest BCUT2D eigenvalue weighted by Gasteiger charge is 2.29. The van der Waals surface area contributed by atoms with Crippen LogP contribution in [0.15, 0.2) is 36.4 Å². The van der Waals surface area contributed by atoms with Crippen LogP contribution in [0.25, 0.3) is 11.3 Å². The van der Waals surface area contributed by atoms with Gasteiger partial charge in [0.05, 0.1) is 17.9 Å². The van der Waals surface area contributed by atoms with Gasteiger partial charge in [0.2, 0.25) is 0 Å². The fourth-order valence-electron chi connectivity index (χ4n) is 1.57. The molecule has 0 spiro atoms. The highest BCUT2D eigenvalue weighted by Crippen LogP contribution is 2.31. The third-order valence-electron chi connectivity index (χ3n) is 2.60. The Morgan fingerprint density at radius 1 is 1.05 bits per heavy atom. The number of pyridine rings is 1. The molecule has 19 heavy (non-hydrogen) atoms. The first-order chi connectivity index (χ1) is 8.91. The maximum absolute atomic E-state index is 12.4. The van der Waals surface area contributed by atoms with Crippen LogP contribution in [0.2, 0.25) is 5.15 Å². The van der Waals surface area contributed by atoms with Crippen LogP contribution < -0.4 is 0 Å². The average Bonchev–Trinajstić information content (AvgIpc) is 2.38. The van der Waals surface area contributed by atoms with Gasteiger partial charge in [-0.25, -0.2) is 4.98 Å². The van der Waals surface area contributed by atoms with E-state index in [1.165, 1.54) is 12.1 Å². The van der Waals surface area contributed by atoms with Gasteiger partial charge in [0.1, 0.15) is 5.15 Å². The summed E-state index contributed by atoms with van der Waals surface area (Å²) in [6, 6.07) is 7.83. The predicted molar refractivity (Wildman–Crippen MR) is 65.6 cm³/mol. The zero-order chi connectivity index (χ0) is 14.0. The van der Waals surface area contributed by atoms with Gasteiger partial charge < -0.3 is 5.11 Å². The lowest BCUT2D eigenvalue weighted by atomic mass is 10.1. The monoisotopic (exact) mass is 287 g/mol. The summed E-state index contributed by atoms with van der Waals surface area (Å²) in [5.74, 6) is 0. The zero-order valence-electron chi connectivity index (χ0n) is 9.58. The minimum Gasteiger partial charge on any atom is -0.392 e. The Labute approximate surface area is 112 Å². The van der Waals surface area contributed by atoms with Gasteiger partial charge in [-0.3, -0.25) is 0 Å². The van der Waals surface area contributed by atoms with Crippen LogP contribution in [0.1, 0.15) is 11.1 Å². The molecule has 1 heterocycles. The fraction of sp³-hybridized carbons (Fsp3) is 0.154. The molecule has 0 atom stereocenters. The van der Waals surface area contributed by atoms with E-state index < -0.39 is 11.7 Å². The maximum Gasteiger partial charge on any atom is 0.416 e. The Morgan fingerprint density at radius 2 is 1.68 bits per heavy atom. The number of benzene rings is 1. The molecule has 0 saturated carbocycles. The first kappa shape index (κ1) is 13.8. The van der Waals surface area contributed by atoms with Gasteiger partial charge in [-0.15, -0.1) is 0 Å². The van der Waals surface area contributed by atoms with E-state index in [1.807, 2.05) is 0 Å². The van der Waals surface area contributed by atoms with E-state index in [0.29, 0.717) is 16.8 Å². The number of alkyl halides is 3. The van der Waals surface area contributed by atoms with E-state index in [0.717, 1.165) is 12.1 Å². The summed E-state index contributed by atoms with van der Waals surface area (Å²) in [5.41, 5.74) is 0.738. The molecule has 1 aromatic carbocycles. The van der Waals surface area contributed by atoms with Gasteiger partial charge in [-0.05, 0) is 18.2 Å². The number of hydrogen-bond donors (Lipinski definition) is 1. The van der Waals surface area contributed by atoms with Crippen molar-refractivity contribution in [1.82, 2.24) is 4.98 Å². The first-order valence-corrected chi connectivity index (χ1v) is 5.73. The molecule has 0 fully saturated rings. The van der Waals surface area contributed by atoms with Gasteiger partial charge in [0.15, 0.2) is 0 Å². The second-order valence-corrected chi connectivity index (χ2v) is 4.24. The molecule has 100 valence electrons. The Bertz CT molecular complexity index is 581. The predicted octanol–water partition coefficient (Wildman–Crippen LogP) is 3.91. The van der Waals surface area contributed by atoms with E-state index in [-0.39, 0.29) is 11.8 Å². The van der Waals surface area contributed by atoms with Crippen molar-refractivity contribution in [2.24, 2.45) is 0 Å². The molecule has 0 amide bonds. The minimum atomic E-state index is -4.36. The molecule has 0 saturated heterocycles. The van der Waals surface area contributed by atoms with Crippen molar-refractivity contribution in [3.8, 4) is 11.3 Å². The summed E-state index contributed by atoms with van der Waals surface area (Å²) in [5, 5.41) is 9.10. The molecule has 0 aliphatic rings. The number of halogens is 4. The van der Waals surface area contributed by atoms with Crippen molar-refractivity contribution >= 4 is 11.6 Å². The van der Waals surface area contributed by atoms with Gasteiger partial charge in [-0.2, -0.15) is 13.2 Å². The Hall–Kier alpha value is -1.59. The molecule has 0 aliphatic heterocycles. The van der Waals surface area contributed by atoms with Crippen molar-refractivity contribution in [2.75, 3.05) is 0 Å². The summed E-state index contributed by atoms with van der Waals surface area (Å²) >= 11 is 5.83. The number of aliphatic hydroxyl groups is 1. The largest absolute Gasteiger partial charge is 0.416 e. The van der Waals surface area contributed by atoms with Gasteiger partial charge >= 0.3 is 6.18 Å². The van der Waals surface area contributed by atoms with Crippen LogP contribution in [-0.4, -0.2) is 10.1 Å². The standard InChI is InChI=1S/C13H9ClF3NO/c14-12-9(7-19)3-6-11(18-12)8-1-4-10(5-2-8)13(15,16)17/h1-6,19H,7H2. The average molecular weight is 288 g/mol. The lowest BCUT2D eigenvalue weighted by Gasteiger charge is -2.08. The Morgan fingerprint density at radius 3 is 2.16 bits per heavy atom. The van der Waals surface area contributed by atoms with Crippen LogP contribution in [0.4, 0.5) is 13.2 Å². The molecule has 6 heteroatoms. The number of rotatable bonds is 2. The molecule has 2 rings (SSSR count). The summed E-state index contributed by atoms with van der Waals surface area (Å²) in [6.45, 7) is -0.237. The van der Waals surface area contributed by atoms with E-state index in [4.69, 9.17) is 16.7 Å². The van der Waals surface area contributed by atoms with Crippen LogP contribution in [0, 0.1) is 0 Å². The lowest BCUT2D eigenvalue weighted by Crippen LogP contribution is -2.04. The summed E-state index contributed by atoms with van der Waals surface area (Å²) in [6.07, 6.45) is -4.36. The van der Waals surface area contributed by atoms with Crippen LogP contribution in [-0.2, 0) is 12.8 Å². The molecule has 2 nitrogen and oxygen atoms in total. The van der Waals surface area contributed by atoms with Gasteiger partial charge in [0.25, 0.3) is 0 Å². The molecule has 1 N–H and O–H groups in total. The van der Waals surface area contributed by atoms with Crippen LogP contribution in [0.5, 0.6) is 0 Å². The normalized spacial score (nSPS) is 11.6. The highest BCUT2D eigenvalue weighted by molar-refractivity contribution is 6.30. The minimum absolute atomic E-state index is 0.139. The van der Waals surface area contributed by atoms with Crippen molar-refractivity contribution < 1.29 is 18.3 Å². The van der Waals surface area contributed by atoms with Gasteiger partial charge in [-0.1, -0.05) is 29.8 Å². The number of aliphatic hydroxyl groups excluding tert-OH is 1. The molecule has 0 aliphatic carbocycles. The highest BCUT2D eigenvalue weighted by atomic mass is 35.5. The number of nitrogens with zero attached hydrogens (tertiary/aromatic N) is 1. The summed E-state index contributed by atoms with van der Waals surface area (Å²) in [4.78, 5) is 4.03.